The molecule has 2 aromatic rings. The number of carboxylic acid groups (broad SMARTS) is 1. The molecule has 0 aliphatic heterocycles. The number of aliphatic hydroxyl groups is 1. The highest BCUT2D eigenvalue weighted by Crippen LogP contribution is 2.15. The Morgan fingerprint density at radius 3 is 2.43 bits per heavy atom. The maximum Gasteiger partial charge on any atom is 0.371 e. The summed E-state index contributed by atoms with van der Waals surface area (Å²) in [5.41, 5.74) is 8.01. The zero-order valence-electron chi connectivity index (χ0n) is 10.9. The lowest BCUT2D eigenvalue weighted by atomic mass is 10.1. The summed E-state index contributed by atoms with van der Waals surface area (Å²) in [5.74, 6) is -3.35. The van der Waals surface area contributed by atoms with Crippen LogP contribution in [0.5, 0.6) is 0 Å². The number of nitrogens with two attached hydrogens (primary N) is 1. The van der Waals surface area contributed by atoms with Crippen LogP contribution >= 0.6 is 0 Å². The minimum Gasteiger partial charge on any atom is -0.502 e. The van der Waals surface area contributed by atoms with Crippen LogP contribution in [-0.2, 0) is 11.2 Å². The van der Waals surface area contributed by atoms with Gasteiger partial charge in [0.05, 0.1) is 6.26 Å². The van der Waals surface area contributed by atoms with E-state index in [1.165, 1.54) is 12.3 Å². The molecule has 0 amide bonds. The Morgan fingerprint density at radius 1 is 1.14 bits per heavy atom. The second-order valence-corrected chi connectivity index (χ2v) is 4.44. The topological polar surface area (TPSA) is 114 Å². The Labute approximate surface area is 120 Å². The average Bonchev–Trinajstić information content (AvgIpc) is 2.90. The van der Waals surface area contributed by atoms with Crippen molar-refractivity contribution in [2.24, 2.45) is 0 Å². The van der Waals surface area contributed by atoms with Gasteiger partial charge in [-0.3, -0.25) is 4.79 Å². The van der Waals surface area contributed by atoms with Crippen molar-refractivity contribution in [1.82, 2.24) is 0 Å². The molecule has 0 saturated heterocycles. The van der Waals surface area contributed by atoms with E-state index in [4.69, 9.17) is 20.4 Å². The van der Waals surface area contributed by atoms with Gasteiger partial charge in [-0.05, 0) is 29.3 Å². The molecule has 0 bridgehead atoms. The smallest absolute Gasteiger partial charge is 0.371 e. The molecule has 1 aromatic heterocycles. The number of carboxylic acids is 1. The molecule has 1 aromatic carbocycles. The van der Waals surface area contributed by atoms with E-state index in [9.17, 15) is 9.59 Å². The van der Waals surface area contributed by atoms with Crippen LogP contribution in [0.1, 0.15) is 21.7 Å². The van der Waals surface area contributed by atoms with E-state index in [1.54, 1.807) is 12.1 Å². The molecule has 1 heterocycles. The van der Waals surface area contributed by atoms with E-state index >= 15 is 0 Å². The van der Waals surface area contributed by atoms with Gasteiger partial charge >= 0.3 is 5.97 Å². The summed E-state index contributed by atoms with van der Waals surface area (Å²) in [6.07, 6.45) is 2.56. The van der Waals surface area contributed by atoms with Crippen LogP contribution in [0.15, 0.2) is 52.8 Å². The number of carbonyl (C=O) groups excluding carboxylic acids is 1. The summed E-state index contributed by atoms with van der Waals surface area (Å²) in [7, 11) is 0. The van der Waals surface area contributed by atoms with Crippen molar-refractivity contribution in [1.29, 1.82) is 0 Å². The van der Waals surface area contributed by atoms with Gasteiger partial charge in [-0.25, -0.2) is 4.79 Å². The van der Waals surface area contributed by atoms with Crippen molar-refractivity contribution in [2.75, 3.05) is 5.73 Å². The van der Waals surface area contributed by atoms with Crippen molar-refractivity contribution in [3.8, 4) is 0 Å². The van der Waals surface area contributed by atoms with Crippen LogP contribution in [0, 0.1) is 0 Å². The molecule has 0 spiro atoms. The van der Waals surface area contributed by atoms with E-state index in [0.29, 0.717) is 18.2 Å². The fourth-order valence-electron chi connectivity index (χ4n) is 1.73. The molecule has 21 heavy (non-hydrogen) atoms. The third-order valence-corrected chi connectivity index (χ3v) is 2.77. The minimum absolute atomic E-state index is 0.0340. The molecular formula is C15H13NO5. The number of furan rings is 1. The zero-order valence-corrected chi connectivity index (χ0v) is 10.9. The predicted octanol–water partition coefficient (Wildman–Crippen LogP) is 2.16. The Bertz CT molecular complexity index is 697. The fourth-order valence-corrected chi connectivity index (χ4v) is 1.73. The van der Waals surface area contributed by atoms with Gasteiger partial charge in [-0.2, -0.15) is 0 Å². The lowest BCUT2D eigenvalue weighted by Crippen LogP contribution is -2.03. The lowest BCUT2D eigenvalue weighted by molar-refractivity contribution is -0.135. The van der Waals surface area contributed by atoms with Gasteiger partial charge in [-0.1, -0.05) is 12.1 Å². The summed E-state index contributed by atoms with van der Waals surface area (Å²) >= 11 is 0. The maximum absolute atomic E-state index is 11.7. The molecule has 108 valence electrons. The SMILES string of the molecule is Nc1ccc(Cc2coc(C(=O)/C=C(\O)C(=O)O)c2)cc1. The normalized spacial score (nSPS) is 11.3. The summed E-state index contributed by atoms with van der Waals surface area (Å²) in [5, 5.41) is 17.5. The highest BCUT2D eigenvalue weighted by atomic mass is 16.4. The van der Waals surface area contributed by atoms with Crippen LogP contribution in [-0.4, -0.2) is 22.0 Å². The number of aliphatic carboxylic acids is 1. The van der Waals surface area contributed by atoms with E-state index in [1.807, 2.05) is 12.1 Å². The van der Waals surface area contributed by atoms with Crippen molar-refractivity contribution in [2.45, 2.75) is 6.42 Å². The summed E-state index contributed by atoms with van der Waals surface area (Å²) in [6, 6.07) is 8.77. The molecular weight excluding hydrogens is 274 g/mol. The number of nitrogen functional groups attached to an aromatic ring is 1. The van der Waals surface area contributed by atoms with Crippen LogP contribution in [0.3, 0.4) is 0 Å². The Balaban J connectivity index is 2.11. The number of benzene rings is 1. The van der Waals surface area contributed by atoms with Crippen LogP contribution in [0.4, 0.5) is 5.69 Å². The largest absolute Gasteiger partial charge is 0.502 e. The quantitative estimate of drug-likeness (QED) is 0.336. The first-order valence-corrected chi connectivity index (χ1v) is 6.06. The van der Waals surface area contributed by atoms with Gasteiger partial charge in [0, 0.05) is 18.2 Å². The maximum atomic E-state index is 11.7. The van der Waals surface area contributed by atoms with Crippen molar-refractivity contribution >= 4 is 17.4 Å². The summed E-state index contributed by atoms with van der Waals surface area (Å²) < 4.78 is 5.08. The van der Waals surface area contributed by atoms with Crippen molar-refractivity contribution in [3.05, 3.63) is 65.3 Å². The molecule has 0 unspecified atom stereocenters. The molecule has 4 N–H and O–H groups in total. The van der Waals surface area contributed by atoms with Crippen LogP contribution < -0.4 is 5.73 Å². The first kappa shape index (κ1) is 14.4. The zero-order chi connectivity index (χ0) is 15.4. The van der Waals surface area contributed by atoms with Crippen LogP contribution in [0.25, 0.3) is 0 Å². The van der Waals surface area contributed by atoms with E-state index < -0.39 is 17.5 Å². The number of aliphatic hydroxyl groups excluding tert-OH is 1. The summed E-state index contributed by atoms with van der Waals surface area (Å²) in [6.45, 7) is 0. The first-order valence-electron chi connectivity index (χ1n) is 6.06. The minimum atomic E-state index is -1.57. The van der Waals surface area contributed by atoms with E-state index in [-0.39, 0.29) is 5.76 Å². The molecule has 2 rings (SSSR count). The van der Waals surface area contributed by atoms with Gasteiger partial charge in [-0.15, -0.1) is 0 Å². The number of ketones is 1. The van der Waals surface area contributed by atoms with Gasteiger partial charge in [0.15, 0.2) is 5.76 Å². The van der Waals surface area contributed by atoms with Gasteiger partial charge in [0.1, 0.15) is 0 Å². The standard InChI is InChI=1S/C15H13NO5/c16-11-3-1-9(2-4-11)5-10-6-14(21-8-10)12(17)7-13(18)15(19)20/h1-4,6-8,18H,5,16H2,(H,19,20)/b13-7-. The highest BCUT2D eigenvalue weighted by molar-refractivity contribution is 6.06. The molecule has 0 fully saturated rings. The van der Waals surface area contributed by atoms with E-state index in [0.717, 1.165) is 11.1 Å². The molecule has 0 radical (unpaired) electrons. The average molecular weight is 287 g/mol. The molecule has 6 heteroatoms. The summed E-state index contributed by atoms with van der Waals surface area (Å²) in [4.78, 5) is 22.1. The third-order valence-electron chi connectivity index (χ3n) is 2.77. The first-order chi connectivity index (χ1) is 9.95. The third kappa shape index (κ3) is 3.73. The number of carbonyl (C=O) groups is 2. The number of hydrogen-bond acceptors (Lipinski definition) is 5. The highest BCUT2D eigenvalue weighted by Gasteiger charge is 2.13. The van der Waals surface area contributed by atoms with Crippen molar-refractivity contribution in [3.63, 3.8) is 0 Å². The van der Waals surface area contributed by atoms with Crippen LogP contribution in [0.2, 0.25) is 0 Å². The predicted molar refractivity (Wildman–Crippen MR) is 75.0 cm³/mol. The second-order valence-electron chi connectivity index (χ2n) is 4.44. The Kier molecular flexibility index (Phi) is 4.08. The Morgan fingerprint density at radius 2 is 1.81 bits per heavy atom. The fraction of sp³-hybridized carbons (Fsp3) is 0.0667. The van der Waals surface area contributed by atoms with Gasteiger partial charge < -0.3 is 20.4 Å². The Hall–Kier alpha value is -3.02. The molecule has 0 atom stereocenters. The van der Waals surface area contributed by atoms with Crippen molar-refractivity contribution < 1.29 is 24.2 Å². The van der Waals surface area contributed by atoms with Gasteiger partial charge in [0.2, 0.25) is 11.5 Å². The van der Waals surface area contributed by atoms with Gasteiger partial charge in [0.25, 0.3) is 0 Å². The monoisotopic (exact) mass is 287 g/mol. The van der Waals surface area contributed by atoms with E-state index in [2.05, 4.69) is 0 Å². The lowest BCUT2D eigenvalue weighted by Gasteiger charge is -1.98. The second kappa shape index (κ2) is 5.96. The number of rotatable bonds is 5. The number of hydrogen-bond donors (Lipinski definition) is 3. The molecule has 0 aliphatic carbocycles. The number of allylic oxidation sites excluding steroid dienone is 1. The molecule has 0 saturated carbocycles. The molecule has 6 nitrogen and oxygen atoms in total. The number of anilines is 1. The molecule has 0 aliphatic rings.